The van der Waals surface area contributed by atoms with Crippen LogP contribution in [0, 0.1) is 0 Å². The first-order chi connectivity index (χ1) is 12.0. The Hall–Kier alpha value is -3.06. The van der Waals surface area contributed by atoms with Gasteiger partial charge in [-0.2, -0.15) is 0 Å². The third-order valence-electron chi connectivity index (χ3n) is 3.33. The quantitative estimate of drug-likeness (QED) is 0.798. The second-order valence-corrected chi connectivity index (χ2v) is 6.25. The molecule has 1 aliphatic heterocycles. The molecule has 0 bridgehead atoms. The van der Waals surface area contributed by atoms with Crippen LogP contribution in [0.2, 0.25) is 0 Å². The van der Waals surface area contributed by atoms with Crippen LogP contribution in [-0.4, -0.2) is 22.2 Å². The number of imide groups is 1. The van der Waals surface area contributed by atoms with Gasteiger partial charge in [0.1, 0.15) is 11.5 Å². The van der Waals surface area contributed by atoms with Gasteiger partial charge in [0.25, 0.3) is 11.1 Å². The number of benzene rings is 2. The number of aliphatic carboxylic acids is 1. The van der Waals surface area contributed by atoms with Crippen LogP contribution >= 0.6 is 11.8 Å². The number of ether oxygens (including phenoxy) is 1. The van der Waals surface area contributed by atoms with Crippen LogP contribution < -0.4 is 10.1 Å². The van der Waals surface area contributed by atoms with Crippen LogP contribution in [0.25, 0.3) is 6.08 Å². The summed E-state index contributed by atoms with van der Waals surface area (Å²) in [4.78, 5) is 33.7. The average molecular weight is 355 g/mol. The highest BCUT2D eigenvalue weighted by atomic mass is 32.2. The summed E-state index contributed by atoms with van der Waals surface area (Å²) in [6.45, 7) is 0. The predicted octanol–water partition coefficient (Wildman–Crippen LogP) is 3.43. The van der Waals surface area contributed by atoms with Crippen molar-refractivity contribution in [1.82, 2.24) is 5.32 Å². The lowest BCUT2D eigenvalue weighted by molar-refractivity contribution is -0.136. The molecule has 0 aromatic heterocycles. The summed E-state index contributed by atoms with van der Waals surface area (Å²) in [6, 6.07) is 13.9. The summed E-state index contributed by atoms with van der Waals surface area (Å²) in [5.41, 5.74) is 1.47. The molecule has 126 valence electrons. The highest BCUT2D eigenvalue weighted by Crippen LogP contribution is 2.27. The summed E-state index contributed by atoms with van der Waals surface area (Å²) in [6.07, 6.45) is 1.60. The third-order valence-corrected chi connectivity index (χ3v) is 4.14. The fraction of sp³-hybridized carbons (Fsp3) is 0.0556. The van der Waals surface area contributed by atoms with Gasteiger partial charge in [-0.25, -0.2) is 0 Å². The minimum Gasteiger partial charge on any atom is -0.481 e. The molecule has 0 spiro atoms. The van der Waals surface area contributed by atoms with E-state index < -0.39 is 11.9 Å². The third kappa shape index (κ3) is 4.48. The topological polar surface area (TPSA) is 92.7 Å². The van der Waals surface area contributed by atoms with Gasteiger partial charge in [0.2, 0.25) is 0 Å². The lowest BCUT2D eigenvalue weighted by atomic mass is 10.1. The maximum Gasteiger partial charge on any atom is 0.307 e. The molecule has 2 N–H and O–H groups in total. The Morgan fingerprint density at radius 2 is 1.64 bits per heavy atom. The molecular formula is C18H13NO5S. The largest absolute Gasteiger partial charge is 0.481 e. The Balaban J connectivity index is 1.66. The summed E-state index contributed by atoms with van der Waals surface area (Å²) in [5, 5.41) is 10.6. The van der Waals surface area contributed by atoms with Crippen molar-refractivity contribution in [2.45, 2.75) is 6.42 Å². The van der Waals surface area contributed by atoms with Crippen molar-refractivity contribution in [2.75, 3.05) is 0 Å². The minimum atomic E-state index is -0.880. The summed E-state index contributed by atoms with van der Waals surface area (Å²) >= 11 is 0.869. The van der Waals surface area contributed by atoms with Gasteiger partial charge in [-0.1, -0.05) is 24.3 Å². The van der Waals surface area contributed by atoms with Gasteiger partial charge < -0.3 is 9.84 Å². The first kappa shape index (κ1) is 16.8. The smallest absolute Gasteiger partial charge is 0.307 e. The summed E-state index contributed by atoms with van der Waals surface area (Å²) in [5.74, 6) is -0.0738. The standard InChI is InChI=1S/C18H13NO5S/c20-16(21)10-12-3-7-14(8-4-12)24-13-5-1-11(2-6-13)9-15-17(22)19-18(23)25-15/h1-9H,10H2,(H,20,21)(H,19,22,23). The molecule has 2 aromatic rings. The molecule has 3 rings (SSSR count). The zero-order valence-corrected chi connectivity index (χ0v) is 13.7. The van der Waals surface area contributed by atoms with Crippen LogP contribution in [0.5, 0.6) is 11.5 Å². The lowest BCUT2D eigenvalue weighted by Crippen LogP contribution is -2.17. The van der Waals surface area contributed by atoms with Crippen molar-refractivity contribution in [3.63, 3.8) is 0 Å². The minimum absolute atomic E-state index is 0.0300. The number of rotatable bonds is 5. The van der Waals surface area contributed by atoms with E-state index in [1.165, 1.54) is 0 Å². The molecule has 0 aliphatic carbocycles. The maximum absolute atomic E-state index is 11.5. The molecule has 2 aromatic carbocycles. The van der Waals surface area contributed by atoms with Gasteiger partial charge in [-0.3, -0.25) is 19.7 Å². The zero-order chi connectivity index (χ0) is 17.8. The highest BCUT2D eigenvalue weighted by Gasteiger charge is 2.24. The number of carboxylic acids is 1. The first-order valence-corrected chi connectivity index (χ1v) is 8.15. The van der Waals surface area contributed by atoms with Gasteiger partial charge in [-0.05, 0) is 53.2 Å². The molecule has 2 amide bonds. The number of hydrogen-bond acceptors (Lipinski definition) is 5. The number of carboxylic acid groups (broad SMARTS) is 1. The molecule has 1 aliphatic rings. The van der Waals surface area contributed by atoms with Crippen molar-refractivity contribution < 1.29 is 24.2 Å². The summed E-state index contributed by atoms with van der Waals surface area (Å²) in [7, 11) is 0. The van der Waals surface area contributed by atoms with Gasteiger partial charge in [-0.15, -0.1) is 0 Å². The van der Waals surface area contributed by atoms with E-state index >= 15 is 0 Å². The highest BCUT2D eigenvalue weighted by molar-refractivity contribution is 8.18. The fourth-order valence-corrected chi connectivity index (χ4v) is 2.87. The van der Waals surface area contributed by atoms with Crippen LogP contribution in [-0.2, 0) is 16.0 Å². The second kappa shape index (κ2) is 7.23. The van der Waals surface area contributed by atoms with Crippen LogP contribution in [0.1, 0.15) is 11.1 Å². The molecular weight excluding hydrogens is 342 g/mol. The van der Waals surface area contributed by atoms with E-state index in [1.54, 1.807) is 54.6 Å². The SMILES string of the molecule is O=C(O)Cc1ccc(Oc2ccc(C=C3SC(=O)NC3=O)cc2)cc1. The molecule has 6 nitrogen and oxygen atoms in total. The number of carbonyl (C=O) groups excluding carboxylic acids is 2. The van der Waals surface area contributed by atoms with E-state index in [1.807, 2.05) is 0 Å². The molecule has 1 heterocycles. The number of carbonyl (C=O) groups is 3. The van der Waals surface area contributed by atoms with Crippen molar-refractivity contribution in [3.8, 4) is 11.5 Å². The van der Waals surface area contributed by atoms with Crippen molar-refractivity contribution >= 4 is 35.0 Å². The molecule has 0 radical (unpaired) electrons. The Bertz CT molecular complexity index is 856. The van der Waals surface area contributed by atoms with E-state index in [0.29, 0.717) is 22.0 Å². The zero-order valence-electron chi connectivity index (χ0n) is 12.9. The van der Waals surface area contributed by atoms with Gasteiger partial charge in [0, 0.05) is 0 Å². The Morgan fingerprint density at radius 3 is 2.16 bits per heavy atom. The van der Waals surface area contributed by atoms with Crippen LogP contribution in [0.3, 0.4) is 0 Å². The number of thioether (sulfide) groups is 1. The average Bonchev–Trinajstić information content (AvgIpc) is 2.88. The lowest BCUT2D eigenvalue weighted by Gasteiger charge is -2.07. The van der Waals surface area contributed by atoms with Gasteiger partial charge >= 0.3 is 5.97 Å². The Labute approximate surface area is 147 Å². The Kier molecular flexibility index (Phi) is 4.85. The number of hydrogen-bond donors (Lipinski definition) is 2. The molecule has 7 heteroatoms. The predicted molar refractivity (Wildman–Crippen MR) is 93.4 cm³/mol. The van der Waals surface area contributed by atoms with Crippen LogP contribution in [0.15, 0.2) is 53.4 Å². The Morgan fingerprint density at radius 1 is 1.04 bits per heavy atom. The number of amides is 2. The first-order valence-electron chi connectivity index (χ1n) is 7.33. The molecule has 1 saturated heterocycles. The number of nitrogens with one attached hydrogen (secondary N) is 1. The van der Waals surface area contributed by atoms with E-state index in [0.717, 1.165) is 17.3 Å². The van der Waals surface area contributed by atoms with E-state index in [-0.39, 0.29) is 11.7 Å². The normalized spacial score (nSPS) is 15.3. The fourth-order valence-electron chi connectivity index (χ4n) is 2.19. The van der Waals surface area contributed by atoms with Crippen molar-refractivity contribution in [3.05, 3.63) is 64.6 Å². The molecule has 25 heavy (non-hydrogen) atoms. The monoisotopic (exact) mass is 355 g/mol. The van der Waals surface area contributed by atoms with E-state index in [2.05, 4.69) is 5.32 Å². The van der Waals surface area contributed by atoms with Crippen molar-refractivity contribution in [1.29, 1.82) is 0 Å². The summed E-state index contributed by atoms with van der Waals surface area (Å²) < 4.78 is 5.69. The second-order valence-electron chi connectivity index (χ2n) is 5.24. The van der Waals surface area contributed by atoms with Gasteiger partial charge in [0.15, 0.2) is 0 Å². The van der Waals surface area contributed by atoms with Crippen LogP contribution in [0.4, 0.5) is 4.79 Å². The molecule has 1 fully saturated rings. The molecule has 0 unspecified atom stereocenters. The maximum atomic E-state index is 11.5. The van der Waals surface area contributed by atoms with E-state index in [4.69, 9.17) is 9.84 Å². The molecule has 0 atom stereocenters. The molecule has 0 saturated carbocycles. The van der Waals surface area contributed by atoms with Crippen molar-refractivity contribution in [2.24, 2.45) is 0 Å². The van der Waals surface area contributed by atoms with Gasteiger partial charge in [0.05, 0.1) is 11.3 Å². The van der Waals surface area contributed by atoms with E-state index in [9.17, 15) is 14.4 Å².